The van der Waals surface area contributed by atoms with Gasteiger partial charge in [0.1, 0.15) is 5.75 Å². The lowest BCUT2D eigenvalue weighted by molar-refractivity contribution is -0.116. The van der Waals surface area contributed by atoms with Crippen molar-refractivity contribution in [1.82, 2.24) is 4.98 Å². The molecule has 4 nitrogen and oxygen atoms in total. The molecule has 0 saturated heterocycles. The minimum absolute atomic E-state index is 0.0987. The molecule has 0 aliphatic heterocycles. The first kappa shape index (κ1) is 17.2. The molecule has 1 N–H and O–H groups in total. The molecule has 4 aromatic rings. The predicted molar refractivity (Wildman–Crippen MR) is 110 cm³/mol. The van der Waals surface area contributed by atoms with Crippen molar-refractivity contribution in [2.24, 2.45) is 0 Å². The van der Waals surface area contributed by atoms with Gasteiger partial charge in [0, 0.05) is 0 Å². The van der Waals surface area contributed by atoms with Gasteiger partial charge < -0.3 is 10.1 Å². The van der Waals surface area contributed by atoms with E-state index in [-0.39, 0.29) is 5.91 Å². The number of amides is 1. The van der Waals surface area contributed by atoms with Crippen molar-refractivity contribution in [2.75, 3.05) is 12.4 Å². The number of fused-ring (bicyclic) bond motifs is 1. The fraction of sp³-hybridized carbons (Fsp3) is 0.0909. The number of methoxy groups -OCH3 is 1. The minimum atomic E-state index is -0.394. The van der Waals surface area contributed by atoms with Gasteiger partial charge in [-0.05, 0) is 29.3 Å². The number of thiazole rings is 1. The summed E-state index contributed by atoms with van der Waals surface area (Å²) in [7, 11) is 1.63. The number of hydrogen-bond donors (Lipinski definition) is 1. The average Bonchev–Trinajstić information content (AvgIpc) is 3.11. The third-order valence-corrected chi connectivity index (χ3v) is 5.29. The van der Waals surface area contributed by atoms with E-state index in [4.69, 9.17) is 4.74 Å². The van der Waals surface area contributed by atoms with Crippen LogP contribution in [0, 0.1) is 0 Å². The number of ether oxygens (including phenoxy) is 1. The Labute approximate surface area is 161 Å². The molecule has 3 aromatic carbocycles. The molecule has 5 heteroatoms. The normalized spacial score (nSPS) is 10.9. The van der Waals surface area contributed by atoms with Gasteiger partial charge in [0.2, 0.25) is 5.91 Å². The first-order valence-corrected chi connectivity index (χ1v) is 9.41. The van der Waals surface area contributed by atoms with Crippen LogP contribution in [-0.2, 0) is 4.79 Å². The van der Waals surface area contributed by atoms with E-state index in [1.54, 1.807) is 7.11 Å². The predicted octanol–water partition coefficient (Wildman–Crippen LogP) is 5.08. The highest BCUT2D eigenvalue weighted by molar-refractivity contribution is 7.22. The van der Waals surface area contributed by atoms with Crippen LogP contribution in [0.3, 0.4) is 0 Å². The topological polar surface area (TPSA) is 51.2 Å². The van der Waals surface area contributed by atoms with Gasteiger partial charge in [0.25, 0.3) is 0 Å². The summed E-state index contributed by atoms with van der Waals surface area (Å²) in [5, 5.41) is 3.58. The molecular weight excluding hydrogens is 356 g/mol. The van der Waals surface area contributed by atoms with Crippen LogP contribution in [0.15, 0.2) is 78.9 Å². The summed E-state index contributed by atoms with van der Waals surface area (Å²) in [4.78, 5) is 17.7. The van der Waals surface area contributed by atoms with Gasteiger partial charge in [-0.15, -0.1) is 0 Å². The highest BCUT2D eigenvalue weighted by atomic mass is 32.1. The molecule has 0 bridgehead atoms. The van der Waals surface area contributed by atoms with E-state index in [0.29, 0.717) is 5.13 Å². The van der Waals surface area contributed by atoms with Gasteiger partial charge in [-0.2, -0.15) is 0 Å². The maximum atomic E-state index is 13.1. The van der Waals surface area contributed by atoms with Crippen molar-refractivity contribution in [1.29, 1.82) is 0 Å². The maximum absolute atomic E-state index is 13.1. The molecule has 0 radical (unpaired) electrons. The van der Waals surface area contributed by atoms with Gasteiger partial charge in [0.15, 0.2) is 5.13 Å². The molecule has 1 amide bonds. The molecular formula is C22H18N2O2S. The molecule has 27 heavy (non-hydrogen) atoms. The second kappa shape index (κ2) is 7.60. The van der Waals surface area contributed by atoms with Gasteiger partial charge in [-0.3, -0.25) is 4.79 Å². The molecule has 0 fully saturated rings. The van der Waals surface area contributed by atoms with Crippen molar-refractivity contribution in [2.45, 2.75) is 5.92 Å². The molecule has 0 spiro atoms. The van der Waals surface area contributed by atoms with Crippen LogP contribution in [0.1, 0.15) is 17.0 Å². The Morgan fingerprint density at radius 2 is 1.59 bits per heavy atom. The highest BCUT2D eigenvalue weighted by Gasteiger charge is 2.23. The second-order valence-corrected chi connectivity index (χ2v) is 7.13. The molecule has 1 heterocycles. The maximum Gasteiger partial charge on any atom is 0.238 e. The quantitative estimate of drug-likeness (QED) is 0.530. The molecule has 4 rings (SSSR count). The SMILES string of the molecule is COc1ccc2nc(NC(=O)C(c3ccccc3)c3ccccc3)sc2c1. The molecule has 1 aromatic heterocycles. The lowest BCUT2D eigenvalue weighted by Crippen LogP contribution is -2.22. The Kier molecular flexibility index (Phi) is 4.85. The van der Waals surface area contributed by atoms with Gasteiger partial charge >= 0.3 is 0 Å². The van der Waals surface area contributed by atoms with Crippen LogP contribution in [0.5, 0.6) is 5.75 Å². The third-order valence-electron chi connectivity index (χ3n) is 4.35. The largest absolute Gasteiger partial charge is 0.497 e. The Morgan fingerprint density at radius 1 is 0.963 bits per heavy atom. The van der Waals surface area contributed by atoms with Crippen molar-refractivity contribution < 1.29 is 9.53 Å². The Morgan fingerprint density at radius 3 is 2.19 bits per heavy atom. The zero-order valence-corrected chi connectivity index (χ0v) is 15.6. The fourth-order valence-corrected chi connectivity index (χ4v) is 3.95. The third kappa shape index (κ3) is 3.68. The number of aromatic nitrogens is 1. The lowest BCUT2D eigenvalue weighted by atomic mass is 9.90. The summed E-state index contributed by atoms with van der Waals surface area (Å²) in [6, 6.07) is 25.3. The molecule has 0 unspecified atom stereocenters. The van der Waals surface area contributed by atoms with E-state index in [9.17, 15) is 4.79 Å². The van der Waals surface area contributed by atoms with E-state index < -0.39 is 5.92 Å². The van der Waals surface area contributed by atoms with Crippen LogP contribution in [-0.4, -0.2) is 18.0 Å². The average molecular weight is 374 g/mol. The first-order valence-electron chi connectivity index (χ1n) is 8.60. The van der Waals surface area contributed by atoms with Gasteiger partial charge in [-0.25, -0.2) is 4.98 Å². The molecule has 0 aliphatic carbocycles. The zero-order chi connectivity index (χ0) is 18.6. The second-order valence-electron chi connectivity index (χ2n) is 6.10. The van der Waals surface area contributed by atoms with E-state index in [1.165, 1.54) is 11.3 Å². The van der Waals surface area contributed by atoms with Crippen LogP contribution < -0.4 is 10.1 Å². The van der Waals surface area contributed by atoms with Gasteiger partial charge in [0.05, 0.1) is 23.2 Å². The number of nitrogens with zero attached hydrogens (tertiary/aromatic N) is 1. The van der Waals surface area contributed by atoms with Crippen LogP contribution in [0.25, 0.3) is 10.2 Å². The van der Waals surface area contributed by atoms with E-state index in [0.717, 1.165) is 27.1 Å². The number of carbonyl (C=O) groups excluding carboxylic acids is 1. The number of hydrogen-bond acceptors (Lipinski definition) is 4. The number of nitrogens with one attached hydrogen (secondary N) is 1. The summed E-state index contributed by atoms with van der Waals surface area (Å²) in [5.41, 5.74) is 2.74. The van der Waals surface area contributed by atoms with Crippen molar-refractivity contribution >= 4 is 32.6 Å². The van der Waals surface area contributed by atoms with Crippen LogP contribution in [0.2, 0.25) is 0 Å². The number of rotatable bonds is 5. The standard InChI is InChI=1S/C22H18N2O2S/c1-26-17-12-13-18-19(14-17)27-22(23-18)24-21(25)20(15-8-4-2-5-9-15)16-10-6-3-7-11-16/h2-14,20H,1H3,(H,23,24,25). The number of benzene rings is 3. The van der Waals surface area contributed by atoms with Crippen molar-refractivity contribution in [3.8, 4) is 5.75 Å². The monoisotopic (exact) mass is 374 g/mol. The Bertz CT molecular complexity index is 1020. The van der Waals surface area contributed by atoms with E-state index in [1.807, 2.05) is 78.9 Å². The number of anilines is 1. The van der Waals surface area contributed by atoms with Crippen LogP contribution >= 0.6 is 11.3 Å². The summed E-state index contributed by atoms with van der Waals surface area (Å²) in [6.45, 7) is 0. The van der Waals surface area contributed by atoms with Gasteiger partial charge in [-0.1, -0.05) is 72.0 Å². The zero-order valence-electron chi connectivity index (χ0n) is 14.8. The molecule has 134 valence electrons. The molecule has 0 aliphatic rings. The van der Waals surface area contributed by atoms with Crippen LogP contribution in [0.4, 0.5) is 5.13 Å². The van der Waals surface area contributed by atoms with Crippen molar-refractivity contribution in [3.05, 3.63) is 90.0 Å². The van der Waals surface area contributed by atoms with Crippen molar-refractivity contribution in [3.63, 3.8) is 0 Å². The summed E-state index contributed by atoms with van der Waals surface area (Å²) < 4.78 is 6.23. The summed E-state index contributed by atoms with van der Waals surface area (Å²) in [6.07, 6.45) is 0. The molecule has 0 atom stereocenters. The number of carbonyl (C=O) groups is 1. The highest BCUT2D eigenvalue weighted by Crippen LogP contribution is 2.31. The van der Waals surface area contributed by atoms with E-state index >= 15 is 0 Å². The minimum Gasteiger partial charge on any atom is -0.497 e. The van der Waals surface area contributed by atoms with E-state index in [2.05, 4.69) is 10.3 Å². The summed E-state index contributed by atoms with van der Waals surface area (Å²) in [5.74, 6) is 0.280. The smallest absolute Gasteiger partial charge is 0.238 e. The fourth-order valence-electron chi connectivity index (χ4n) is 3.05. The first-order chi connectivity index (χ1) is 13.2. The Hall–Kier alpha value is -3.18. The summed E-state index contributed by atoms with van der Waals surface area (Å²) >= 11 is 1.44. The molecule has 0 saturated carbocycles. The lowest BCUT2D eigenvalue weighted by Gasteiger charge is -2.16. The Balaban J connectivity index is 1.66.